The van der Waals surface area contributed by atoms with Gasteiger partial charge < -0.3 is 14.6 Å². The van der Waals surface area contributed by atoms with Gasteiger partial charge in [0.05, 0.1) is 12.8 Å². The zero-order valence-corrected chi connectivity index (χ0v) is 16.3. The van der Waals surface area contributed by atoms with E-state index >= 15 is 0 Å². The van der Waals surface area contributed by atoms with E-state index in [-0.39, 0.29) is 5.91 Å². The molecule has 4 nitrogen and oxygen atoms in total. The van der Waals surface area contributed by atoms with Crippen LogP contribution in [0.15, 0.2) is 42.0 Å². The molecule has 5 heteroatoms. The van der Waals surface area contributed by atoms with E-state index in [2.05, 4.69) is 64.5 Å². The average molecular weight is 436 g/mol. The normalized spacial score (nSPS) is 16.8. The quantitative estimate of drug-likeness (QED) is 0.712. The van der Waals surface area contributed by atoms with E-state index in [1.165, 1.54) is 11.4 Å². The molecule has 3 rings (SSSR count). The van der Waals surface area contributed by atoms with Gasteiger partial charge in [-0.3, -0.25) is 4.79 Å². The van der Waals surface area contributed by atoms with Crippen LogP contribution in [0.25, 0.3) is 0 Å². The van der Waals surface area contributed by atoms with Gasteiger partial charge in [-0.1, -0.05) is 6.08 Å². The first-order valence-corrected chi connectivity index (χ1v) is 9.06. The summed E-state index contributed by atoms with van der Waals surface area (Å²) in [5, 5.41) is 3.02. The SMILES string of the molecule is COc1ccc(I)c(NC(=O)C2=CC[C@@H](n3c(C)ccc3C)C2)c1. The van der Waals surface area contributed by atoms with Gasteiger partial charge in [-0.25, -0.2) is 0 Å². The van der Waals surface area contributed by atoms with Crippen molar-refractivity contribution in [1.82, 2.24) is 4.57 Å². The summed E-state index contributed by atoms with van der Waals surface area (Å²) in [6.45, 7) is 4.23. The molecule has 1 atom stereocenters. The third-order valence-corrected chi connectivity index (χ3v) is 5.44. The highest BCUT2D eigenvalue weighted by molar-refractivity contribution is 14.1. The third-order valence-electron chi connectivity index (χ3n) is 4.50. The predicted octanol–water partition coefficient (Wildman–Crippen LogP) is 4.62. The van der Waals surface area contributed by atoms with E-state index in [0.29, 0.717) is 6.04 Å². The van der Waals surface area contributed by atoms with E-state index < -0.39 is 0 Å². The van der Waals surface area contributed by atoms with E-state index in [1.807, 2.05) is 18.2 Å². The van der Waals surface area contributed by atoms with E-state index in [9.17, 15) is 4.79 Å². The smallest absolute Gasteiger partial charge is 0.251 e. The van der Waals surface area contributed by atoms with Crippen LogP contribution in [0.3, 0.4) is 0 Å². The minimum Gasteiger partial charge on any atom is -0.497 e. The van der Waals surface area contributed by atoms with Crippen molar-refractivity contribution >= 4 is 34.2 Å². The van der Waals surface area contributed by atoms with Gasteiger partial charge in [0.25, 0.3) is 5.91 Å². The maximum Gasteiger partial charge on any atom is 0.251 e. The van der Waals surface area contributed by atoms with Crippen LogP contribution in [0.4, 0.5) is 5.69 Å². The van der Waals surface area contributed by atoms with Crippen molar-refractivity contribution in [3.8, 4) is 5.75 Å². The molecule has 1 aromatic heterocycles. The van der Waals surface area contributed by atoms with Gasteiger partial charge in [0.1, 0.15) is 5.75 Å². The summed E-state index contributed by atoms with van der Waals surface area (Å²) in [6, 6.07) is 10.3. The second kappa shape index (κ2) is 7.01. The third kappa shape index (κ3) is 3.36. The average Bonchev–Trinajstić information content (AvgIpc) is 3.16. The lowest BCUT2D eigenvalue weighted by atomic mass is 10.1. The topological polar surface area (TPSA) is 43.3 Å². The number of benzene rings is 1. The number of rotatable bonds is 4. The molecule has 1 aromatic carbocycles. The molecule has 0 aliphatic heterocycles. The predicted molar refractivity (Wildman–Crippen MR) is 105 cm³/mol. The molecular weight excluding hydrogens is 415 g/mol. The summed E-state index contributed by atoms with van der Waals surface area (Å²) < 4.78 is 8.56. The first-order chi connectivity index (χ1) is 11.5. The van der Waals surface area contributed by atoms with Crippen LogP contribution in [0.2, 0.25) is 0 Å². The summed E-state index contributed by atoms with van der Waals surface area (Å²) in [5.74, 6) is 0.716. The van der Waals surface area contributed by atoms with Gasteiger partial charge in [-0.15, -0.1) is 0 Å². The largest absolute Gasteiger partial charge is 0.497 e. The van der Waals surface area contributed by atoms with E-state index in [1.54, 1.807) is 7.11 Å². The zero-order chi connectivity index (χ0) is 17.3. The van der Waals surface area contributed by atoms with Crippen LogP contribution in [0.1, 0.15) is 30.3 Å². The van der Waals surface area contributed by atoms with Crippen molar-refractivity contribution in [3.05, 3.63) is 56.9 Å². The number of aromatic nitrogens is 1. The van der Waals surface area contributed by atoms with Crippen molar-refractivity contribution in [2.75, 3.05) is 12.4 Å². The molecule has 1 amide bonds. The molecule has 24 heavy (non-hydrogen) atoms. The Kier molecular flexibility index (Phi) is 4.99. The molecule has 0 unspecified atom stereocenters. The molecule has 1 heterocycles. The first kappa shape index (κ1) is 17.1. The molecule has 1 N–H and O–H groups in total. The van der Waals surface area contributed by atoms with Crippen molar-refractivity contribution in [3.63, 3.8) is 0 Å². The lowest BCUT2D eigenvalue weighted by Crippen LogP contribution is -2.16. The number of nitrogens with zero attached hydrogens (tertiary/aromatic N) is 1. The molecule has 0 bridgehead atoms. The number of carbonyl (C=O) groups excluding carboxylic acids is 1. The number of methoxy groups -OCH3 is 1. The second-order valence-corrected chi connectivity index (χ2v) is 7.27. The highest BCUT2D eigenvalue weighted by atomic mass is 127. The number of aryl methyl sites for hydroxylation is 2. The van der Waals surface area contributed by atoms with Crippen molar-refractivity contribution in [2.45, 2.75) is 32.7 Å². The molecular formula is C19H21IN2O2. The van der Waals surface area contributed by atoms with Crippen molar-refractivity contribution < 1.29 is 9.53 Å². The molecule has 126 valence electrons. The Morgan fingerprint density at radius 1 is 1.25 bits per heavy atom. The fourth-order valence-corrected chi connectivity index (χ4v) is 3.74. The monoisotopic (exact) mass is 436 g/mol. The number of hydrogen-bond donors (Lipinski definition) is 1. The summed E-state index contributed by atoms with van der Waals surface area (Å²) in [4.78, 5) is 12.6. The summed E-state index contributed by atoms with van der Waals surface area (Å²) in [6.07, 6.45) is 3.73. The van der Waals surface area contributed by atoms with Crippen molar-refractivity contribution in [1.29, 1.82) is 0 Å². The number of hydrogen-bond acceptors (Lipinski definition) is 2. The Hall–Kier alpha value is -1.76. The number of halogens is 1. The summed E-state index contributed by atoms with van der Waals surface area (Å²) >= 11 is 2.22. The molecule has 1 aliphatic carbocycles. The van der Waals surface area contributed by atoms with Gasteiger partial charge >= 0.3 is 0 Å². The maximum atomic E-state index is 12.6. The van der Waals surface area contributed by atoms with Gasteiger partial charge in [-0.05, 0) is 73.5 Å². The summed E-state index contributed by atoms with van der Waals surface area (Å²) in [5.41, 5.74) is 4.13. The van der Waals surface area contributed by atoms with Gasteiger partial charge in [-0.2, -0.15) is 0 Å². The van der Waals surface area contributed by atoms with Crippen LogP contribution in [-0.2, 0) is 4.79 Å². The van der Waals surface area contributed by atoms with Crippen LogP contribution in [-0.4, -0.2) is 17.6 Å². The molecule has 0 fully saturated rings. The fourth-order valence-electron chi connectivity index (χ4n) is 3.27. The van der Waals surface area contributed by atoms with Gasteiger partial charge in [0.2, 0.25) is 0 Å². The minimum atomic E-state index is -0.0221. The Balaban J connectivity index is 1.71. The highest BCUT2D eigenvalue weighted by Crippen LogP contribution is 2.33. The van der Waals surface area contributed by atoms with Crippen LogP contribution in [0.5, 0.6) is 5.75 Å². The Morgan fingerprint density at radius 3 is 2.62 bits per heavy atom. The fraction of sp³-hybridized carbons (Fsp3) is 0.316. The number of carbonyl (C=O) groups is 1. The van der Waals surface area contributed by atoms with Gasteiger partial charge in [0.15, 0.2) is 0 Å². The number of amides is 1. The lowest BCUT2D eigenvalue weighted by molar-refractivity contribution is -0.113. The highest BCUT2D eigenvalue weighted by Gasteiger charge is 2.25. The van der Waals surface area contributed by atoms with Crippen molar-refractivity contribution in [2.24, 2.45) is 0 Å². The number of nitrogens with one attached hydrogen (secondary N) is 1. The van der Waals surface area contributed by atoms with Gasteiger partial charge in [0, 0.05) is 32.6 Å². The molecule has 0 saturated carbocycles. The Bertz CT molecular complexity index is 788. The minimum absolute atomic E-state index is 0.0221. The van der Waals surface area contributed by atoms with Crippen LogP contribution >= 0.6 is 22.6 Å². The molecule has 0 saturated heterocycles. The molecule has 2 aromatic rings. The molecule has 0 radical (unpaired) electrons. The Labute approximate surface area is 156 Å². The number of allylic oxidation sites excluding steroid dienone is 1. The number of ether oxygens (including phenoxy) is 1. The second-order valence-electron chi connectivity index (χ2n) is 6.11. The first-order valence-electron chi connectivity index (χ1n) is 7.98. The van der Waals surface area contributed by atoms with E-state index in [4.69, 9.17) is 4.74 Å². The van der Waals surface area contributed by atoms with E-state index in [0.717, 1.165) is 33.4 Å². The maximum absolute atomic E-state index is 12.6. The van der Waals surface area contributed by atoms with Crippen LogP contribution in [0, 0.1) is 17.4 Å². The van der Waals surface area contributed by atoms with Crippen LogP contribution < -0.4 is 10.1 Å². The zero-order valence-electron chi connectivity index (χ0n) is 14.1. The molecule has 0 spiro atoms. The number of anilines is 1. The Morgan fingerprint density at radius 2 is 1.96 bits per heavy atom. The standard InChI is InChI=1S/C19H21IN2O2/c1-12-4-5-13(2)22(12)15-7-6-14(10-15)19(23)21-18-11-16(24-3)8-9-17(18)20/h4-6,8-9,11,15H,7,10H2,1-3H3,(H,21,23)/t15-/m1/s1. The molecule has 1 aliphatic rings. The summed E-state index contributed by atoms with van der Waals surface area (Å²) in [7, 11) is 1.62. The lowest BCUT2D eigenvalue weighted by Gasteiger charge is -2.18.